The van der Waals surface area contributed by atoms with Crippen LogP contribution >= 0.6 is 11.3 Å². The molecule has 2 fully saturated rings. The molecule has 5 heteroatoms. The van der Waals surface area contributed by atoms with Gasteiger partial charge in [0.25, 0.3) is 5.91 Å². The second-order valence-electron chi connectivity index (χ2n) is 6.17. The van der Waals surface area contributed by atoms with Crippen molar-refractivity contribution in [1.29, 1.82) is 0 Å². The van der Waals surface area contributed by atoms with Crippen molar-refractivity contribution in [1.82, 2.24) is 4.90 Å². The number of carbonyl (C=O) groups is 2. The number of hydrogen-bond donors (Lipinski definition) is 1. The highest BCUT2D eigenvalue weighted by atomic mass is 32.1. The van der Waals surface area contributed by atoms with Crippen molar-refractivity contribution in [3.05, 3.63) is 21.4 Å². The number of carboxylic acids is 1. The van der Waals surface area contributed by atoms with Crippen molar-refractivity contribution in [3.8, 4) is 0 Å². The Morgan fingerprint density at radius 1 is 1.43 bits per heavy atom. The lowest BCUT2D eigenvalue weighted by molar-refractivity contribution is -0.142. The van der Waals surface area contributed by atoms with Crippen molar-refractivity contribution in [2.45, 2.75) is 45.6 Å². The van der Waals surface area contributed by atoms with Gasteiger partial charge < -0.3 is 10.0 Å². The molecule has 1 aromatic heterocycles. The fraction of sp³-hybridized carbons (Fsp3) is 0.625. The average Bonchev–Trinajstić information content (AvgIpc) is 3.09. The summed E-state index contributed by atoms with van der Waals surface area (Å²) in [7, 11) is 0. The Morgan fingerprint density at radius 3 is 2.81 bits per heavy atom. The van der Waals surface area contributed by atoms with E-state index in [0.29, 0.717) is 17.3 Å². The lowest BCUT2D eigenvalue weighted by Crippen LogP contribution is -2.43. The number of carboxylic acid groups (broad SMARTS) is 1. The van der Waals surface area contributed by atoms with Crippen LogP contribution in [0.4, 0.5) is 0 Å². The van der Waals surface area contributed by atoms with Crippen LogP contribution in [0.5, 0.6) is 0 Å². The minimum atomic E-state index is -0.846. The monoisotopic (exact) mass is 307 g/mol. The first-order chi connectivity index (χ1) is 10.0. The number of carbonyl (C=O) groups excluding carboxylic acids is 1. The number of likely N-dealkylation sites (tertiary alicyclic amines) is 1. The molecule has 1 amide bonds. The van der Waals surface area contributed by atoms with Crippen molar-refractivity contribution in [2.75, 3.05) is 6.54 Å². The Morgan fingerprint density at radius 2 is 2.19 bits per heavy atom. The van der Waals surface area contributed by atoms with Gasteiger partial charge in [0.2, 0.25) is 0 Å². The molecule has 1 aliphatic carbocycles. The molecule has 1 aromatic rings. The van der Waals surface area contributed by atoms with Crippen LogP contribution < -0.4 is 0 Å². The van der Waals surface area contributed by atoms with Gasteiger partial charge >= 0.3 is 5.97 Å². The summed E-state index contributed by atoms with van der Waals surface area (Å²) in [5, 5.41) is 9.54. The van der Waals surface area contributed by atoms with Crippen LogP contribution in [0.3, 0.4) is 0 Å². The zero-order valence-electron chi connectivity index (χ0n) is 12.5. The largest absolute Gasteiger partial charge is 0.480 e. The van der Waals surface area contributed by atoms with Gasteiger partial charge in [0.1, 0.15) is 6.04 Å². The fourth-order valence-corrected chi connectivity index (χ4v) is 5.02. The molecule has 1 saturated heterocycles. The SMILES string of the molecule is CCc1sc(C(=O)N2CC3CCCC3C2C(=O)O)cc1C. The molecule has 2 heterocycles. The molecule has 3 atom stereocenters. The molecule has 1 N–H and O–H groups in total. The number of hydrogen-bond acceptors (Lipinski definition) is 3. The van der Waals surface area contributed by atoms with Crippen LogP contribution in [0.1, 0.15) is 46.3 Å². The highest BCUT2D eigenvalue weighted by Gasteiger charge is 2.49. The average molecular weight is 307 g/mol. The van der Waals surface area contributed by atoms with Crippen LogP contribution in [-0.4, -0.2) is 34.5 Å². The van der Waals surface area contributed by atoms with E-state index >= 15 is 0 Å². The Labute approximate surface area is 128 Å². The first kappa shape index (κ1) is 14.6. The molecule has 0 radical (unpaired) electrons. The fourth-order valence-electron chi connectivity index (χ4n) is 3.95. The smallest absolute Gasteiger partial charge is 0.326 e. The third kappa shape index (κ3) is 2.37. The Kier molecular flexibility index (Phi) is 3.78. The maximum atomic E-state index is 12.7. The van der Waals surface area contributed by atoms with Gasteiger partial charge in [-0.15, -0.1) is 11.3 Å². The van der Waals surface area contributed by atoms with E-state index in [0.717, 1.165) is 31.2 Å². The summed E-state index contributed by atoms with van der Waals surface area (Å²) in [4.78, 5) is 27.9. The number of fused-ring (bicyclic) bond motifs is 1. The maximum absolute atomic E-state index is 12.7. The molecular weight excluding hydrogens is 286 g/mol. The zero-order valence-corrected chi connectivity index (χ0v) is 13.3. The van der Waals surface area contributed by atoms with E-state index in [1.807, 2.05) is 13.0 Å². The minimum absolute atomic E-state index is 0.0930. The maximum Gasteiger partial charge on any atom is 0.326 e. The molecule has 3 unspecified atom stereocenters. The summed E-state index contributed by atoms with van der Waals surface area (Å²) in [5.74, 6) is -0.411. The second kappa shape index (κ2) is 5.44. The Hall–Kier alpha value is -1.36. The van der Waals surface area contributed by atoms with Gasteiger partial charge in [-0.2, -0.15) is 0 Å². The molecule has 1 aliphatic heterocycles. The van der Waals surface area contributed by atoms with Gasteiger partial charge in [-0.05, 0) is 49.7 Å². The Bertz CT molecular complexity index is 580. The number of aliphatic carboxylic acids is 1. The summed E-state index contributed by atoms with van der Waals surface area (Å²) in [6.07, 6.45) is 4.01. The molecule has 0 bridgehead atoms. The van der Waals surface area contributed by atoms with E-state index in [9.17, 15) is 14.7 Å². The highest BCUT2D eigenvalue weighted by molar-refractivity contribution is 7.14. The van der Waals surface area contributed by atoms with E-state index in [1.54, 1.807) is 4.90 Å². The van der Waals surface area contributed by atoms with E-state index in [-0.39, 0.29) is 11.8 Å². The number of amides is 1. The third-order valence-corrected chi connectivity index (χ3v) is 6.33. The number of thiophene rings is 1. The van der Waals surface area contributed by atoms with Gasteiger partial charge in [0, 0.05) is 11.4 Å². The number of nitrogens with zero attached hydrogens (tertiary/aromatic N) is 1. The molecule has 114 valence electrons. The van der Waals surface area contributed by atoms with Gasteiger partial charge in [0.05, 0.1) is 4.88 Å². The third-order valence-electron chi connectivity index (χ3n) is 4.96. The van der Waals surface area contributed by atoms with E-state index < -0.39 is 12.0 Å². The standard InChI is InChI=1S/C16H21NO3S/c1-3-12-9(2)7-13(21-12)15(18)17-8-10-5-4-6-11(10)14(17)16(19)20/h7,10-11,14H,3-6,8H2,1-2H3,(H,19,20). The lowest BCUT2D eigenvalue weighted by Gasteiger charge is -2.23. The number of aryl methyl sites for hydroxylation is 2. The summed E-state index contributed by atoms with van der Waals surface area (Å²) in [5.41, 5.74) is 1.14. The van der Waals surface area contributed by atoms with Crippen molar-refractivity contribution in [2.24, 2.45) is 11.8 Å². The van der Waals surface area contributed by atoms with Gasteiger partial charge in [-0.25, -0.2) is 4.79 Å². The van der Waals surface area contributed by atoms with Gasteiger partial charge in [-0.3, -0.25) is 4.79 Å². The van der Waals surface area contributed by atoms with E-state index in [4.69, 9.17) is 0 Å². The molecule has 21 heavy (non-hydrogen) atoms. The molecule has 0 aromatic carbocycles. The molecule has 2 aliphatic rings. The first-order valence-corrected chi connectivity index (χ1v) is 8.47. The first-order valence-electron chi connectivity index (χ1n) is 7.66. The lowest BCUT2D eigenvalue weighted by atomic mass is 9.94. The van der Waals surface area contributed by atoms with Gasteiger partial charge in [-0.1, -0.05) is 13.3 Å². The highest BCUT2D eigenvalue weighted by Crippen LogP contribution is 2.43. The summed E-state index contributed by atoms with van der Waals surface area (Å²) < 4.78 is 0. The predicted octanol–water partition coefficient (Wildman–Crippen LogP) is 2.94. The summed E-state index contributed by atoms with van der Waals surface area (Å²) in [6, 6.07) is 1.29. The Balaban J connectivity index is 1.87. The number of rotatable bonds is 3. The zero-order chi connectivity index (χ0) is 15.1. The summed E-state index contributed by atoms with van der Waals surface area (Å²) >= 11 is 1.51. The minimum Gasteiger partial charge on any atom is -0.480 e. The van der Waals surface area contributed by atoms with E-state index in [2.05, 4.69) is 6.92 Å². The van der Waals surface area contributed by atoms with E-state index in [1.165, 1.54) is 16.2 Å². The van der Waals surface area contributed by atoms with Crippen LogP contribution in [0.15, 0.2) is 6.07 Å². The van der Waals surface area contributed by atoms with Crippen LogP contribution in [0, 0.1) is 18.8 Å². The van der Waals surface area contributed by atoms with Crippen LogP contribution in [0.25, 0.3) is 0 Å². The summed E-state index contributed by atoms with van der Waals surface area (Å²) in [6.45, 7) is 4.70. The molecule has 4 nitrogen and oxygen atoms in total. The topological polar surface area (TPSA) is 57.6 Å². The molecule has 1 saturated carbocycles. The second-order valence-corrected chi connectivity index (χ2v) is 7.30. The predicted molar refractivity (Wildman–Crippen MR) is 81.7 cm³/mol. The molecular formula is C16H21NO3S. The van der Waals surface area contributed by atoms with Crippen molar-refractivity contribution < 1.29 is 14.7 Å². The quantitative estimate of drug-likeness (QED) is 0.934. The van der Waals surface area contributed by atoms with Crippen molar-refractivity contribution >= 4 is 23.2 Å². The normalized spacial score (nSPS) is 27.9. The van der Waals surface area contributed by atoms with Crippen LogP contribution in [0.2, 0.25) is 0 Å². The molecule has 3 rings (SSSR count). The van der Waals surface area contributed by atoms with Crippen molar-refractivity contribution in [3.63, 3.8) is 0 Å². The van der Waals surface area contributed by atoms with Gasteiger partial charge in [0.15, 0.2) is 0 Å². The molecule has 0 spiro atoms. The van der Waals surface area contributed by atoms with Crippen LogP contribution in [-0.2, 0) is 11.2 Å².